The summed E-state index contributed by atoms with van der Waals surface area (Å²) in [6.07, 6.45) is 0. The average molecular weight is 356 g/mol. The number of benzene rings is 1. The molecule has 0 spiro atoms. The molecule has 0 N–H and O–H groups in total. The Kier molecular flexibility index (Phi) is 3.88. The van der Waals surface area contributed by atoms with Crippen molar-refractivity contribution in [1.29, 1.82) is 0 Å². The van der Waals surface area contributed by atoms with E-state index in [1.54, 1.807) is 35.0 Å². The van der Waals surface area contributed by atoms with Crippen molar-refractivity contribution in [2.45, 2.75) is 30.1 Å². The molecule has 0 saturated carbocycles. The van der Waals surface area contributed by atoms with E-state index in [-0.39, 0.29) is 11.9 Å². The number of hydrogen-bond donors (Lipinski definition) is 0. The molecule has 25 heavy (non-hydrogen) atoms. The van der Waals surface area contributed by atoms with Crippen LogP contribution >= 0.6 is 11.8 Å². The van der Waals surface area contributed by atoms with Crippen LogP contribution in [0.15, 0.2) is 46.6 Å². The molecule has 0 aliphatic rings. The molecule has 8 nitrogen and oxygen atoms in total. The summed E-state index contributed by atoms with van der Waals surface area (Å²) < 4.78 is 17.3. The van der Waals surface area contributed by atoms with Gasteiger partial charge in [0, 0.05) is 0 Å². The lowest BCUT2D eigenvalue weighted by Gasteiger charge is -2.07. The van der Waals surface area contributed by atoms with Gasteiger partial charge in [-0.25, -0.2) is 9.07 Å². The molecule has 0 aliphatic carbocycles. The maximum atomic E-state index is 14.1. The smallest absolute Gasteiger partial charge is 0.215 e. The van der Waals surface area contributed by atoms with E-state index in [0.29, 0.717) is 27.2 Å². The quantitative estimate of drug-likeness (QED) is 0.555. The van der Waals surface area contributed by atoms with Crippen molar-refractivity contribution in [3.63, 3.8) is 0 Å². The first-order valence-corrected chi connectivity index (χ1v) is 8.38. The van der Waals surface area contributed by atoms with E-state index in [1.165, 1.54) is 22.3 Å². The lowest BCUT2D eigenvalue weighted by atomic mass is 10.2. The van der Waals surface area contributed by atoms with E-state index in [2.05, 4.69) is 30.8 Å². The van der Waals surface area contributed by atoms with Gasteiger partial charge >= 0.3 is 0 Å². The van der Waals surface area contributed by atoms with Crippen molar-refractivity contribution < 1.29 is 4.39 Å². The third-order valence-corrected chi connectivity index (χ3v) is 4.38. The van der Waals surface area contributed by atoms with Crippen molar-refractivity contribution >= 4 is 17.4 Å². The number of nitrogens with zero attached hydrogens (tertiary/aromatic N) is 8. The molecular formula is C15H13FN8S. The van der Waals surface area contributed by atoms with E-state index < -0.39 is 0 Å². The Morgan fingerprint density at radius 3 is 2.68 bits per heavy atom. The summed E-state index contributed by atoms with van der Waals surface area (Å²) in [5.74, 6) is -0.0283. The summed E-state index contributed by atoms with van der Waals surface area (Å²) in [6.45, 7) is 3.99. The average Bonchev–Trinajstić information content (AvgIpc) is 3.22. The number of rotatable bonds is 4. The molecule has 10 heteroatoms. The first kappa shape index (κ1) is 15.6. The highest BCUT2D eigenvalue weighted by atomic mass is 32.2. The molecule has 126 valence electrons. The molecule has 4 rings (SSSR count). The van der Waals surface area contributed by atoms with Crippen molar-refractivity contribution in [3.8, 4) is 11.4 Å². The molecule has 0 saturated heterocycles. The van der Waals surface area contributed by atoms with Crippen LogP contribution in [0.25, 0.3) is 17.0 Å². The van der Waals surface area contributed by atoms with Crippen molar-refractivity contribution in [2.24, 2.45) is 0 Å². The van der Waals surface area contributed by atoms with Gasteiger partial charge in [-0.15, -0.1) is 15.3 Å². The van der Waals surface area contributed by atoms with Crippen LogP contribution in [0.5, 0.6) is 0 Å². The molecular weight excluding hydrogens is 343 g/mol. The van der Waals surface area contributed by atoms with Crippen LogP contribution in [0.2, 0.25) is 0 Å². The molecule has 0 fully saturated rings. The Bertz CT molecular complexity index is 1040. The molecule has 3 heterocycles. The second-order valence-electron chi connectivity index (χ2n) is 5.55. The van der Waals surface area contributed by atoms with Crippen LogP contribution in [-0.4, -0.2) is 40.0 Å². The van der Waals surface area contributed by atoms with Gasteiger partial charge < -0.3 is 0 Å². The Labute approximate surface area is 146 Å². The fourth-order valence-corrected chi connectivity index (χ4v) is 3.17. The standard InChI is InChI=1S/C15H13FN8S/c1-9(2)23-15(19-21-22-23)25-13-8-7-12-17-18-14(24(12)20-13)10-5-3-4-6-11(10)16/h3-9H,1-2H3. The van der Waals surface area contributed by atoms with Gasteiger partial charge in [-0.2, -0.15) is 9.61 Å². The van der Waals surface area contributed by atoms with Gasteiger partial charge in [0.25, 0.3) is 0 Å². The van der Waals surface area contributed by atoms with Crippen LogP contribution in [0.4, 0.5) is 4.39 Å². The third-order valence-electron chi connectivity index (χ3n) is 3.50. The van der Waals surface area contributed by atoms with Gasteiger partial charge in [0.2, 0.25) is 5.16 Å². The van der Waals surface area contributed by atoms with Crippen LogP contribution in [-0.2, 0) is 0 Å². The summed E-state index contributed by atoms with van der Waals surface area (Å²) in [5, 5.41) is 25.6. The lowest BCUT2D eigenvalue weighted by molar-refractivity contribution is 0.477. The first-order chi connectivity index (χ1) is 12.1. The van der Waals surface area contributed by atoms with Gasteiger partial charge in [-0.05, 0) is 60.3 Å². The van der Waals surface area contributed by atoms with Crippen LogP contribution in [0.1, 0.15) is 19.9 Å². The molecule has 0 bridgehead atoms. The topological polar surface area (TPSA) is 86.7 Å². The Balaban J connectivity index is 1.76. The van der Waals surface area contributed by atoms with Crippen molar-refractivity contribution in [3.05, 3.63) is 42.2 Å². The monoisotopic (exact) mass is 356 g/mol. The van der Waals surface area contributed by atoms with E-state index in [9.17, 15) is 4.39 Å². The maximum absolute atomic E-state index is 14.1. The zero-order chi connectivity index (χ0) is 17.4. The summed E-state index contributed by atoms with van der Waals surface area (Å²) in [4.78, 5) is 0. The van der Waals surface area contributed by atoms with Crippen LogP contribution in [0.3, 0.4) is 0 Å². The molecule has 0 radical (unpaired) electrons. The van der Waals surface area contributed by atoms with Gasteiger partial charge in [-0.1, -0.05) is 12.1 Å². The second kappa shape index (κ2) is 6.20. The predicted octanol–water partition coefficient (Wildman–Crippen LogP) is 2.65. The van der Waals surface area contributed by atoms with E-state index in [4.69, 9.17) is 0 Å². The van der Waals surface area contributed by atoms with E-state index in [0.717, 1.165) is 0 Å². The highest BCUT2D eigenvalue weighted by Crippen LogP contribution is 2.27. The van der Waals surface area contributed by atoms with E-state index >= 15 is 0 Å². The molecule has 4 aromatic rings. The van der Waals surface area contributed by atoms with Gasteiger partial charge in [0.1, 0.15) is 10.8 Å². The number of halogens is 1. The van der Waals surface area contributed by atoms with Gasteiger partial charge in [0.15, 0.2) is 11.5 Å². The number of aromatic nitrogens is 8. The molecule has 0 unspecified atom stereocenters. The molecule has 0 atom stereocenters. The normalized spacial score (nSPS) is 11.5. The highest BCUT2D eigenvalue weighted by molar-refractivity contribution is 7.99. The maximum Gasteiger partial charge on any atom is 0.215 e. The summed E-state index contributed by atoms with van der Waals surface area (Å²) in [5.41, 5.74) is 0.878. The third kappa shape index (κ3) is 2.84. The van der Waals surface area contributed by atoms with Gasteiger partial charge in [0.05, 0.1) is 11.6 Å². The summed E-state index contributed by atoms with van der Waals surface area (Å²) >= 11 is 1.32. The summed E-state index contributed by atoms with van der Waals surface area (Å²) in [7, 11) is 0. The number of fused-ring (bicyclic) bond motifs is 1. The first-order valence-electron chi connectivity index (χ1n) is 7.56. The Morgan fingerprint density at radius 2 is 1.88 bits per heavy atom. The predicted molar refractivity (Wildman–Crippen MR) is 88.5 cm³/mol. The fourth-order valence-electron chi connectivity index (χ4n) is 2.31. The molecule has 1 aromatic carbocycles. The highest BCUT2D eigenvalue weighted by Gasteiger charge is 2.16. The van der Waals surface area contributed by atoms with Gasteiger partial charge in [-0.3, -0.25) is 0 Å². The fraction of sp³-hybridized carbons (Fsp3) is 0.200. The zero-order valence-corrected chi connectivity index (χ0v) is 14.2. The van der Waals surface area contributed by atoms with E-state index in [1.807, 2.05) is 13.8 Å². The van der Waals surface area contributed by atoms with Crippen molar-refractivity contribution in [1.82, 2.24) is 40.0 Å². The summed E-state index contributed by atoms with van der Waals surface area (Å²) in [6, 6.07) is 10.1. The second-order valence-corrected chi connectivity index (χ2v) is 6.53. The van der Waals surface area contributed by atoms with Crippen LogP contribution < -0.4 is 0 Å². The minimum atomic E-state index is -0.375. The minimum absolute atomic E-state index is 0.130. The molecule has 0 aliphatic heterocycles. The van der Waals surface area contributed by atoms with Crippen molar-refractivity contribution in [2.75, 3.05) is 0 Å². The minimum Gasteiger partial charge on any atom is -0.218 e. The molecule has 0 amide bonds. The number of hydrogen-bond acceptors (Lipinski definition) is 7. The number of tetrazole rings is 1. The molecule has 3 aromatic heterocycles. The Hall–Kier alpha value is -2.88. The lowest BCUT2D eigenvalue weighted by Crippen LogP contribution is -2.05. The SMILES string of the molecule is CC(C)n1nnnc1Sc1ccc2nnc(-c3ccccc3F)n2n1. The zero-order valence-electron chi connectivity index (χ0n) is 13.4. The van der Waals surface area contributed by atoms with Crippen LogP contribution in [0, 0.1) is 5.82 Å². The Morgan fingerprint density at radius 1 is 1.04 bits per heavy atom. The largest absolute Gasteiger partial charge is 0.218 e.